The van der Waals surface area contributed by atoms with Crippen molar-refractivity contribution in [2.45, 2.75) is 174 Å². The third-order valence-electron chi connectivity index (χ3n) is 8.28. The predicted molar refractivity (Wildman–Crippen MR) is 181 cm³/mol. The molecule has 254 valence electrons. The van der Waals surface area contributed by atoms with Crippen LogP contribution in [0.3, 0.4) is 0 Å². The van der Waals surface area contributed by atoms with Gasteiger partial charge in [-0.1, -0.05) is 155 Å². The molecule has 0 aromatic carbocycles. The zero-order valence-corrected chi connectivity index (χ0v) is 31.7. The van der Waals surface area contributed by atoms with Gasteiger partial charge in [-0.25, -0.2) is 14.2 Å². The van der Waals surface area contributed by atoms with Crippen molar-refractivity contribution in [1.82, 2.24) is 5.09 Å². The second kappa shape index (κ2) is 32.0. The Morgan fingerprint density at radius 3 is 1.26 bits per heavy atom. The maximum Gasteiger partial charge on any atom is 0.405 e. The third-order valence-corrected chi connectivity index (χ3v) is 9.94. The second-order valence-corrected chi connectivity index (χ2v) is 14.3. The van der Waals surface area contributed by atoms with Crippen molar-refractivity contribution in [2.24, 2.45) is 7.05 Å². The van der Waals surface area contributed by atoms with Crippen LogP contribution >= 0.6 is 7.75 Å². The minimum Gasteiger partial charge on any atom is -1.00 e. The molecule has 0 saturated heterocycles. The standard InChI is InChI=1S/C36H70N2O3P.HI/c1-4-6-8-10-12-14-16-18-20-22-24-26-34-40-42(39,37-31-28-36-29-32-38(3)33-30-36)41-35-27-25-23-21-19-17-15-13-11-9-7-5-2;/h29-30,32-33H,4-28,31,34-35H2,1-3H3,(H,37,39);1H/q+1;/p-1. The first-order valence-electron chi connectivity index (χ1n) is 18.2. The second-order valence-electron chi connectivity index (χ2n) is 12.5. The van der Waals surface area contributed by atoms with E-state index in [1.54, 1.807) is 0 Å². The van der Waals surface area contributed by atoms with Crippen molar-refractivity contribution in [3.8, 4) is 0 Å². The molecule has 7 heteroatoms. The Morgan fingerprint density at radius 2 is 0.907 bits per heavy atom. The fourth-order valence-electron chi connectivity index (χ4n) is 5.42. The molecule has 0 saturated carbocycles. The SMILES string of the molecule is CCCCCCCCCCCCCCOP(=O)(NCCc1cc[n+](C)cc1)OCCCCCCCCCCCCCC.[I-]. The summed E-state index contributed by atoms with van der Waals surface area (Å²) in [5.41, 5.74) is 1.22. The van der Waals surface area contributed by atoms with E-state index in [4.69, 9.17) is 9.05 Å². The van der Waals surface area contributed by atoms with Gasteiger partial charge < -0.3 is 24.0 Å². The highest BCUT2D eigenvalue weighted by molar-refractivity contribution is 7.51. The molecule has 0 spiro atoms. The van der Waals surface area contributed by atoms with Gasteiger partial charge in [-0.05, 0) is 24.8 Å². The van der Waals surface area contributed by atoms with Gasteiger partial charge in [0.1, 0.15) is 7.05 Å². The van der Waals surface area contributed by atoms with E-state index in [0.29, 0.717) is 19.8 Å². The number of hydrogen-bond acceptors (Lipinski definition) is 3. The number of rotatable bonds is 32. The maximum atomic E-state index is 13.5. The summed E-state index contributed by atoms with van der Waals surface area (Å²) in [6.45, 7) is 6.14. The summed E-state index contributed by atoms with van der Waals surface area (Å²) in [5, 5.41) is 3.15. The van der Waals surface area contributed by atoms with Gasteiger partial charge in [0, 0.05) is 18.7 Å². The molecule has 0 unspecified atom stereocenters. The number of unbranched alkanes of at least 4 members (excludes halogenated alkanes) is 22. The molecular weight excluding hydrogens is 666 g/mol. The zero-order chi connectivity index (χ0) is 30.4. The molecule has 0 atom stereocenters. The number of nitrogens with zero attached hydrogens (tertiary/aromatic N) is 1. The highest BCUT2D eigenvalue weighted by atomic mass is 127. The average Bonchev–Trinajstić information content (AvgIpc) is 2.99. The van der Waals surface area contributed by atoms with Crippen molar-refractivity contribution in [3.63, 3.8) is 0 Å². The van der Waals surface area contributed by atoms with Gasteiger partial charge in [-0.3, -0.25) is 9.05 Å². The lowest BCUT2D eigenvalue weighted by Crippen LogP contribution is -3.00. The number of aryl methyl sites for hydroxylation is 1. The molecule has 0 aliphatic heterocycles. The average molecular weight is 737 g/mol. The van der Waals surface area contributed by atoms with Crippen molar-refractivity contribution < 1.29 is 42.2 Å². The first kappa shape index (κ1) is 43.0. The van der Waals surface area contributed by atoms with Crippen molar-refractivity contribution >= 4 is 7.75 Å². The molecule has 0 bridgehead atoms. The van der Waals surface area contributed by atoms with E-state index < -0.39 is 7.75 Å². The van der Waals surface area contributed by atoms with Crippen LogP contribution in [0.5, 0.6) is 0 Å². The molecular formula is C36H70IN2O3P. The van der Waals surface area contributed by atoms with Crippen molar-refractivity contribution in [2.75, 3.05) is 19.8 Å². The highest BCUT2D eigenvalue weighted by Gasteiger charge is 2.23. The number of halogens is 1. The number of aromatic nitrogens is 1. The molecule has 5 nitrogen and oxygen atoms in total. The van der Waals surface area contributed by atoms with Crippen LogP contribution in [0.1, 0.15) is 174 Å². The summed E-state index contributed by atoms with van der Waals surface area (Å²) >= 11 is 0. The molecule has 43 heavy (non-hydrogen) atoms. The summed E-state index contributed by atoms with van der Waals surface area (Å²) < 4.78 is 27.3. The van der Waals surface area contributed by atoms with Crippen LogP contribution in [-0.4, -0.2) is 19.8 Å². The lowest BCUT2D eigenvalue weighted by Gasteiger charge is -2.19. The number of nitrogens with one attached hydrogen (secondary N) is 1. The summed E-state index contributed by atoms with van der Waals surface area (Å²) in [6.07, 6.45) is 36.2. The van der Waals surface area contributed by atoms with Gasteiger partial charge in [-0.2, -0.15) is 0 Å². The number of pyridine rings is 1. The van der Waals surface area contributed by atoms with Crippen LogP contribution in [0, 0.1) is 0 Å². The summed E-state index contributed by atoms with van der Waals surface area (Å²) in [6, 6.07) is 4.21. The molecule has 0 amide bonds. The predicted octanol–water partition coefficient (Wildman–Crippen LogP) is 8.19. The van der Waals surface area contributed by atoms with E-state index in [1.807, 2.05) is 24.0 Å². The van der Waals surface area contributed by atoms with Crippen LogP contribution in [-0.2, 0) is 27.1 Å². The van der Waals surface area contributed by atoms with E-state index in [9.17, 15) is 4.57 Å². The lowest BCUT2D eigenvalue weighted by molar-refractivity contribution is -0.671. The molecule has 1 rings (SSSR count). The minimum atomic E-state index is -3.29. The minimum absolute atomic E-state index is 0. The van der Waals surface area contributed by atoms with Crippen LogP contribution in [0.25, 0.3) is 0 Å². The van der Waals surface area contributed by atoms with E-state index >= 15 is 0 Å². The van der Waals surface area contributed by atoms with Crippen LogP contribution in [0.2, 0.25) is 0 Å². The van der Waals surface area contributed by atoms with Gasteiger partial charge in [0.05, 0.1) is 13.2 Å². The van der Waals surface area contributed by atoms with Gasteiger partial charge in [0.15, 0.2) is 12.4 Å². The molecule has 0 radical (unpaired) electrons. The number of hydrogen-bond donors (Lipinski definition) is 1. The Bertz CT molecular complexity index is 717. The Kier molecular flexibility index (Phi) is 31.9. The van der Waals surface area contributed by atoms with E-state index in [2.05, 4.69) is 31.1 Å². The quantitative estimate of drug-likeness (QED) is 0.0351. The van der Waals surface area contributed by atoms with Gasteiger partial charge in [0.2, 0.25) is 0 Å². The van der Waals surface area contributed by atoms with Crippen LogP contribution in [0.4, 0.5) is 0 Å². The maximum absolute atomic E-state index is 13.5. The topological polar surface area (TPSA) is 51.4 Å². The molecule has 1 N–H and O–H groups in total. The molecule has 0 aliphatic rings. The monoisotopic (exact) mass is 736 g/mol. The summed E-state index contributed by atoms with van der Waals surface area (Å²) in [4.78, 5) is 0. The Balaban J connectivity index is 0.0000176. The summed E-state index contributed by atoms with van der Waals surface area (Å²) in [7, 11) is -1.27. The molecule has 1 aromatic rings. The normalized spacial score (nSPS) is 11.6. The molecule has 0 fully saturated rings. The first-order valence-corrected chi connectivity index (χ1v) is 19.7. The highest BCUT2D eigenvalue weighted by Crippen LogP contribution is 2.44. The fraction of sp³-hybridized carbons (Fsp3) is 0.861. The fourth-order valence-corrected chi connectivity index (χ4v) is 6.80. The Morgan fingerprint density at radius 1 is 0.581 bits per heavy atom. The molecule has 1 aromatic heterocycles. The Labute approximate surface area is 285 Å². The first-order chi connectivity index (χ1) is 20.6. The van der Waals surface area contributed by atoms with Gasteiger partial charge in [-0.15, -0.1) is 0 Å². The molecule has 0 aliphatic carbocycles. The van der Waals surface area contributed by atoms with E-state index in [0.717, 1.165) is 32.1 Å². The van der Waals surface area contributed by atoms with Gasteiger partial charge in [0.25, 0.3) is 0 Å². The van der Waals surface area contributed by atoms with Crippen LogP contribution in [0.15, 0.2) is 24.5 Å². The van der Waals surface area contributed by atoms with E-state index in [-0.39, 0.29) is 24.0 Å². The smallest absolute Gasteiger partial charge is 0.405 e. The van der Waals surface area contributed by atoms with Crippen LogP contribution < -0.4 is 33.6 Å². The van der Waals surface area contributed by atoms with Gasteiger partial charge >= 0.3 is 7.75 Å². The van der Waals surface area contributed by atoms with Crippen molar-refractivity contribution in [1.29, 1.82) is 0 Å². The lowest BCUT2D eigenvalue weighted by atomic mass is 10.1. The Hall–Kier alpha value is -0.0100. The largest absolute Gasteiger partial charge is 1.00 e. The van der Waals surface area contributed by atoms with E-state index in [1.165, 1.54) is 134 Å². The van der Waals surface area contributed by atoms with Crippen molar-refractivity contribution in [3.05, 3.63) is 30.1 Å². The third kappa shape index (κ3) is 28.0. The molecule has 1 heterocycles. The summed E-state index contributed by atoms with van der Waals surface area (Å²) in [5.74, 6) is 0. The zero-order valence-electron chi connectivity index (χ0n) is 28.6.